The first-order chi connectivity index (χ1) is 8.67. The van der Waals surface area contributed by atoms with Crippen molar-refractivity contribution in [3.8, 4) is 0 Å². The van der Waals surface area contributed by atoms with Crippen LogP contribution in [0.3, 0.4) is 0 Å². The smallest absolute Gasteiger partial charge is 0.0227 e. The van der Waals surface area contributed by atoms with Crippen LogP contribution in [0.4, 0.5) is 0 Å². The highest BCUT2D eigenvalue weighted by Crippen LogP contribution is 2.40. The third-order valence-electron chi connectivity index (χ3n) is 5.25. The Bertz CT molecular complexity index is 425. The zero-order valence-electron chi connectivity index (χ0n) is 11.5. The molecule has 1 nitrogen and oxygen atoms in total. The van der Waals surface area contributed by atoms with E-state index in [1.807, 2.05) is 0 Å². The average molecular weight is 243 g/mol. The Balaban J connectivity index is 1.80. The lowest BCUT2D eigenvalue weighted by atomic mass is 9.65. The van der Waals surface area contributed by atoms with Gasteiger partial charge in [0.1, 0.15) is 0 Å². The molecular formula is C17H25N. The van der Waals surface area contributed by atoms with Gasteiger partial charge >= 0.3 is 0 Å². The molecule has 1 aromatic carbocycles. The molecule has 0 spiro atoms. The molecule has 0 aromatic heterocycles. The van der Waals surface area contributed by atoms with Gasteiger partial charge in [0, 0.05) is 5.54 Å². The van der Waals surface area contributed by atoms with Gasteiger partial charge in [-0.3, -0.25) is 0 Å². The molecule has 1 saturated carbocycles. The third-order valence-corrected chi connectivity index (χ3v) is 5.25. The first-order valence-corrected chi connectivity index (χ1v) is 7.53. The van der Waals surface area contributed by atoms with Gasteiger partial charge in [-0.15, -0.1) is 0 Å². The second kappa shape index (κ2) is 4.70. The average Bonchev–Trinajstić information content (AvgIpc) is 2.38. The quantitative estimate of drug-likeness (QED) is 0.799. The van der Waals surface area contributed by atoms with Crippen LogP contribution in [0, 0.1) is 11.8 Å². The van der Waals surface area contributed by atoms with Crippen LogP contribution in [0.5, 0.6) is 0 Å². The van der Waals surface area contributed by atoms with Crippen molar-refractivity contribution in [2.45, 2.75) is 57.4 Å². The van der Waals surface area contributed by atoms with Crippen LogP contribution in [0.25, 0.3) is 0 Å². The van der Waals surface area contributed by atoms with Crippen LogP contribution >= 0.6 is 0 Å². The third kappa shape index (κ3) is 2.21. The van der Waals surface area contributed by atoms with E-state index in [0.29, 0.717) is 0 Å². The van der Waals surface area contributed by atoms with Gasteiger partial charge in [0.2, 0.25) is 0 Å². The predicted octanol–water partition coefficient (Wildman–Crippen LogP) is 3.70. The Labute approximate surface area is 111 Å². The minimum Gasteiger partial charge on any atom is -0.325 e. The van der Waals surface area contributed by atoms with Gasteiger partial charge in [0.05, 0.1) is 0 Å². The summed E-state index contributed by atoms with van der Waals surface area (Å²) < 4.78 is 0. The lowest BCUT2D eigenvalue weighted by Crippen LogP contribution is -2.52. The Hall–Kier alpha value is -0.820. The lowest BCUT2D eigenvalue weighted by molar-refractivity contribution is 0.155. The molecule has 0 heterocycles. The van der Waals surface area contributed by atoms with E-state index in [0.717, 1.165) is 18.3 Å². The molecule has 2 aliphatic rings. The van der Waals surface area contributed by atoms with Gasteiger partial charge in [-0.2, -0.15) is 0 Å². The minimum atomic E-state index is 0.0725. The van der Waals surface area contributed by atoms with Crippen molar-refractivity contribution < 1.29 is 0 Å². The van der Waals surface area contributed by atoms with Crippen LogP contribution in [0.15, 0.2) is 24.3 Å². The number of aryl methyl sites for hydroxylation is 1. The molecule has 3 unspecified atom stereocenters. The van der Waals surface area contributed by atoms with Crippen LogP contribution in [-0.2, 0) is 12.8 Å². The maximum Gasteiger partial charge on any atom is 0.0227 e. The van der Waals surface area contributed by atoms with Crippen molar-refractivity contribution in [3.05, 3.63) is 35.4 Å². The monoisotopic (exact) mass is 243 g/mol. The van der Waals surface area contributed by atoms with E-state index in [4.69, 9.17) is 5.73 Å². The molecule has 3 rings (SSSR count). The first-order valence-electron chi connectivity index (χ1n) is 7.53. The summed E-state index contributed by atoms with van der Waals surface area (Å²) in [4.78, 5) is 0. The van der Waals surface area contributed by atoms with Crippen molar-refractivity contribution in [1.82, 2.24) is 0 Å². The summed E-state index contributed by atoms with van der Waals surface area (Å²) in [5.74, 6) is 1.62. The summed E-state index contributed by atoms with van der Waals surface area (Å²) in [6.45, 7) is 2.40. The molecule has 0 bridgehead atoms. The van der Waals surface area contributed by atoms with E-state index in [-0.39, 0.29) is 5.54 Å². The zero-order chi connectivity index (χ0) is 12.6. The van der Waals surface area contributed by atoms with Crippen LogP contribution in [0.2, 0.25) is 0 Å². The zero-order valence-corrected chi connectivity index (χ0v) is 11.5. The van der Waals surface area contributed by atoms with Crippen molar-refractivity contribution >= 4 is 0 Å². The van der Waals surface area contributed by atoms with E-state index in [9.17, 15) is 0 Å². The van der Waals surface area contributed by atoms with Crippen molar-refractivity contribution in [1.29, 1.82) is 0 Å². The van der Waals surface area contributed by atoms with Gasteiger partial charge in [0.15, 0.2) is 0 Å². The molecule has 1 heteroatoms. The topological polar surface area (TPSA) is 26.0 Å². The van der Waals surface area contributed by atoms with Crippen molar-refractivity contribution in [2.24, 2.45) is 17.6 Å². The molecule has 2 aliphatic carbocycles. The molecular weight excluding hydrogens is 218 g/mol. The number of fused-ring (bicyclic) bond motifs is 1. The predicted molar refractivity (Wildman–Crippen MR) is 76.5 cm³/mol. The Morgan fingerprint density at radius 2 is 1.94 bits per heavy atom. The van der Waals surface area contributed by atoms with E-state index in [2.05, 4.69) is 31.2 Å². The molecule has 18 heavy (non-hydrogen) atoms. The van der Waals surface area contributed by atoms with E-state index in [1.165, 1.54) is 49.7 Å². The Kier molecular flexibility index (Phi) is 3.19. The highest BCUT2D eigenvalue weighted by molar-refractivity contribution is 5.32. The van der Waals surface area contributed by atoms with Crippen molar-refractivity contribution in [3.63, 3.8) is 0 Å². The SMILES string of the molecule is CC1CCCC(C2(N)CCc3ccccc3C2)C1. The van der Waals surface area contributed by atoms with E-state index >= 15 is 0 Å². The van der Waals surface area contributed by atoms with Crippen molar-refractivity contribution in [2.75, 3.05) is 0 Å². The molecule has 0 amide bonds. The number of benzene rings is 1. The summed E-state index contributed by atoms with van der Waals surface area (Å²) >= 11 is 0. The number of hydrogen-bond donors (Lipinski definition) is 1. The highest BCUT2D eigenvalue weighted by Gasteiger charge is 2.39. The second-order valence-corrected chi connectivity index (χ2v) is 6.65. The molecule has 3 atom stereocenters. The van der Waals surface area contributed by atoms with E-state index < -0.39 is 0 Å². The molecule has 0 aliphatic heterocycles. The number of hydrogen-bond acceptors (Lipinski definition) is 1. The second-order valence-electron chi connectivity index (χ2n) is 6.65. The Morgan fingerprint density at radius 3 is 2.72 bits per heavy atom. The summed E-state index contributed by atoms with van der Waals surface area (Å²) in [5.41, 5.74) is 9.92. The molecule has 0 radical (unpaired) electrons. The largest absolute Gasteiger partial charge is 0.325 e. The van der Waals surface area contributed by atoms with Crippen LogP contribution in [-0.4, -0.2) is 5.54 Å². The fourth-order valence-electron chi connectivity index (χ4n) is 4.09. The summed E-state index contributed by atoms with van der Waals surface area (Å²) in [7, 11) is 0. The molecule has 1 fully saturated rings. The summed E-state index contributed by atoms with van der Waals surface area (Å²) in [6, 6.07) is 8.87. The van der Waals surface area contributed by atoms with E-state index in [1.54, 1.807) is 0 Å². The summed E-state index contributed by atoms with van der Waals surface area (Å²) in [5, 5.41) is 0. The lowest BCUT2D eigenvalue weighted by Gasteiger charge is -2.44. The molecule has 2 N–H and O–H groups in total. The molecule has 98 valence electrons. The normalized spacial score (nSPS) is 36.1. The van der Waals surface area contributed by atoms with Gasteiger partial charge in [-0.1, -0.05) is 44.0 Å². The minimum absolute atomic E-state index is 0.0725. The molecule has 1 aromatic rings. The Morgan fingerprint density at radius 1 is 1.17 bits per heavy atom. The maximum atomic E-state index is 6.81. The summed E-state index contributed by atoms with van der Waals surface area (Å²) in [6.07, 6.45) is 8.94. The number of nitrogens with two attached hydrogens (primary N) is 1. The highest BCUT2D eigenvalue weighted by atomic mass is 14.8. The fourth-order valence-corrected chi connectivity index (χ4v) is 4.09. The first kappa shape index (κ1) is 12.2. The fraction of sp³-hybridized carbons (Fsp3) is 0.647. The van der Waals surface area contributed by atoms with Gasteiger partial charge in [0.25, 0.3) is 0 Å². The molecule has 0 saturated heterocycles. The van der Waals surface area contributed by atoms with Crippen LogP contribution < -0.4 is 5.73 Å². The standard InChI is InChI=1S/C17H25N/c1-13-5-4-8-16(11-13)17(18)10-9-14-6-2-3-7-15(14)12-17/h2-3,6-7,13,16H,4-5,8-12,18H2,1H3. The van der Waals surface area contributed by atoms with Gasteiger partial charge < -0.3 is 5.73 Å². The number of rotatable bonds is 1. The van der Waals surface area contributed by atoms with Gasteiger partial charge in [-0.25, -0.2) is 0 Å². The van der Waals surface area contributed by atoms with Gasteiger partial charge in [-0.05, 0) is 55.1 Å². The van der Waals surface area contributed by atoms with Crippen LogP contribution in [0.1, 0.15) is 50.2 Å². The maximum absolute atomic E-state index is 6.81.